The van der Waals surface area contributed by atoms with Gasteiger partial charge in [-0.05, 0) is 18.9 Å². The largest absolute Gasteiger partial charge is 0.405 e. The van der Waals surface area contributed by atoms with E-state index in [4.69, 9.17) is 0 Å². The van der Waals surface area contributed by atoms with Crippen molar-refractivity contribution in [2.45, 2.75) is 25.7 Å². The van der Waals surface area contributed by atoms with Gasteiger partial charge in [0.2, 0.25) is 0 Å². The number of carbonyl (C=O) groups is 1. The Hall–Kier alpha value is -1.65. The highest BCUT2D eigenvalue weighted by Crippen LogP contribution is 2.14. The average molecular weight is 236 g/mol. The molecule has 1 aromatic carbocycles. The third-order valence-electron chi connectivity index (χ3n) is 2.19. The van der Waals surface area contributed by atoms with Gasteiger partial charge in [-0.2, -0.15) is 0 Å². The van der Waals surface area contributed by atoms with Gasteiger partial charge < -0.3 is 14.9 Å². The standard InChI is InChI=1S/C13H16O4/c1-10(2)12(14)17-13(15,16)9-8-11-6-4-3-5-7-11/h3-7,15-16H,1,8-9H2,2H3. The Morgan fingerprint density at radius 1 is 1.35 bits per heavy atom. The first-order chi connectivity index (χ1) is 7.91. The molecule has 0 heterocycles. The zero-order valence-corrected chi connectivity index (χ0v) is 9.72. The first-order valence-electron chi connectivity index (χ1n) is 5.28. The number of ether oxygens (including phenoxy) is 1. The molecule has 17 heavy (non-hydrogen) atoms. The Labute approximate surface area is 100 Å². The van der Waals surface area contributed by atoms with Crippen LogP contribution in [-0.4, -0.2) is 22.2 Å². The summed E-state index contributed by atoms with van der Waals surface area (Å²) < 4.78 is 4.49. The molecule has 4 nitrogen and oxygen atoms in total. The van der Waals surface area contributed by atoms with Crippen molar-refractivity contribution in [3.05, 3.63) is 48.0 Å². The predicted octanol–water partition coefficient (Wildman–Crippen LogP) is 1.38. The SMILES string of the molecule is C=C(C)C(=O)OC(O)(O)CCc1ccccc1. The second-order valence-electron chi connectivity index (χ2n) is 3.90. The minimum Gasteiger partial charge on any atom is -0.405 e. The number of aryl methyl sites for hydroxylation is 1. The van der Waals surface area contributed by atoms with E-state index in [1.165, 1.54) is 6.92 Å². The van der Waals surface area contributed by atoms with Gasteiger partial charge in [0.25, 0.3) is 0 Å². The fourth-order valence-electron chi connectivity index (χ4n) is 1.24. The van der Waals surface area contributed by atoms with Gasteiger partial charge in [-0.1, -0.05) is 36.9 Å². The molecule has 0 amide bonds. The molecule has 0 unspecified atom stereocenters. The summed E-state index contributed by atoms with van der Waals surface area (Å²) in [5.74, 6) is -3.27. The number of rotatable bonds is 5. The Kier molecular flexibility index (Phi) is 4.43. The average Bonchev–Trinajstić information content (AvgIpc) is 2.27. The van der Waals surface area contributed by atoms with Gasteiger partial charge in [-0.15, -0.1) is 0 Å². The molecule has 0 saturated carbocycles. The third-order valence-corrected chi connectivity index (χ3v) is 2.19. The quantitative estimate of drug-likeness (QED) is 0.460. The first-order valence-corrected chi connectivity index (χ1v) is 5.28. The van der Waals surface area contributed by atoms with Crippen molar-refractivity contribution in [3.8, 4) is 0 Å². The number of hydrogen-bond acceptors (Lipinski definition) is 4. The van der Waals surface area contributed by atoms with Gasteiger partial charge in [0.05, 0.1) is 0 Å². The predicted molar refractivity (Wildman–Crippen MR) is 62.8 cm³/mol. The van der Waals surface area contributed by atoms with Crippen LogP contribution in [-0.2, 0) is 16.0 Å². The second-order valence-corrected chi connectivity index (χ2v) is 3.90. The molecule has 1 rings (SSSR count). The van der Waals surface area contributed by atoms with Crippen molar-refractivity contribution in [3.63, 3.8) is 0 Å². The summed E-state index contributed by atoms with van der Waals surface area (Å²) in [7, 11) is 0. The maximum Gasteiger partial charge on any atom is 0.337 e. The molecule has 0 saturated heterocycles. The minimum atomic E-state index is -2.45. The van der Waals surface area contributed by atoms with Crippen molar-refractivity contribution < 1.29 is 19.7 Å². The lowest BCUT2D eigenvalue weighted by molar-refractivity contribution is -0.319. The minimum absolute atomic E-state index is 0.0873. The van der Waals surface area contributed by atoms with Gasteiger partial charge in [-0.25, -0.2) is 4.79 Å². The lowest BCUT2D eigenvalue weighted by Gasteiger charge is -2.21. The Morgan fingerprint density at radius 2 is 1.94 bits per heavy atom. The van der Waals surface area contributed by atoms with E-state index in [9.17, 15) is 15.0 Å². The monoisotopic (exact) mass is 236 g/mol. The van der Waals surface area contributed by atoms with E-state index in [0.717, 1.165) is 5.56 Å². The number of hydrogen-bond donors (Lipinski definition) is 2. The number of esters is 1. The summed E-state index contributed by atoms with van der Waals surface area (Å²) in [5.41, 5.74) is 1.06. The summed E-state index contributed by atoms with van der Waals surface area (Å²) in [6, 6.07) is 9.29. The maximum absolute atomic E-state index is 11.1. The number of benzene rings is 1. The zero-order valence-electron chi connectivity index (χ0n) is 9.72. The summed E-state index contributed by atoms with van der Waals surface area (Å²) in [6.07, 6.45) is 0.313. The molecule has 0 spiro atoms. The highest BCUT2D eigenvalue weighted by Gasteiger charge is 2.28. The lowest BCUT2D eigenvalue weighted by atomic mass is 10.1. The molecule has 0 aliphatic carbocycles. The summed E-state index contributed by atoms with van der Waals surface area (Å²) in [5, 5.41) is 18.9. The normalized spacial score (nSPS) is 11.0. The molecule has 0 aromatic heterocycles. The van der Waals surface area contributed by atoms with E-state index < -0.39 is 11.9 Å². The zero-order chi connectivity index (χ0) is 12.9. The van der Waals surface area contributed by atoms with Crippen LogP contribution in [0.3, 0.4) is 0 Å². The van der Waals surface area contributed by atoms with Crippen LogP contribution in [0, 0.1) is 0 Å². The van der Waals surface area contributed by atoms with Gasteiger partial charge >= 0.3 is 11.9 Å². The Balaban J connectivity index is 2.50. The molecule has 0 bridgehead atoms. The van der Waals surface area contributed by atoms with Crippen molar-refractivity contribution in [1.82, 2.24) is 0 Å². The van der Waals surface area contributed by atoms with Crippen LogP contribution in [0.15, 0.2) is 42.5 Å². The highest BCUT2D eigenvalue weighted by atomic mass is 16.8. The summed E-state index contributed by atoms with van der Waals surface area (Å²) in [4.78, 5) is 11.1. The van der Waals surface area contributed by atoms with Gasteiger partial charge in [0.15, 0.2) is 0 Å². The second kappa shape index (κ2) is 5.61. The Morgan fingerprint density at radius 3 is 2.47 bits per heavy atom. The third kappa shape index (κ3) is 4.80. The molecule has 4 heteroatoms. The van der Waals surface area contributed by atoms with E-state index in [1.807, 2.05) is 30.3 Å². The smallest absolute Gasteiger partial charge is 0.337 e. The molecule has 0 aliphatic heterocycles. The topological polar surface area (TPSA) is 66.8 Å². The molecule has 0 radical (unpaired) electrons. The number of carbonyl (C=O) groups excluding carboxylic acids is 1. The molecular weight excluding hydrogens is 220 g/mol. The first kappa shape index (κ1) is 13.4. The fraction of sp³-hybridized carbons (Fsp3) is 0.308. The van der Waals surface area contributed by atoms with Gasteiger partial charge in [0.1, 0.15) is 0 Å². The van der Waals surface area contributed by atoms with Crippen molar-refractivity contribution in [2.24, 2.45) is 0 Å². The van der Waals surface area contributed by atoms with E-state index in [0.29, 0.717) is 6.42 Å². The lowest BCUT2D eigenvalue weighted by Crippen LogP contribution is -2.35. The van der Waals surface area contributed by atoms with Crippen molar-refractivity contribution in [1.29, 1.82) is 0 Å². The van der Waals surface area contributed by atoms with Crippen LogP contribution in [0.1, 0.15) is 18.9 Å². The molecule has 0 atom stereocenters. The van der Waals surface area contributed by atoms with Crippen LogP contribution in [0.25, 0.3) is 0 Å². The van der Waals surface area contributed by atoms with E-state index >= 15 is 0 Å². The summed E-state index contributed by atoms with van der Waals surface area (Å²) in [6.45, 7) is 4.80. The van der Waals surface area contributed by atoms with Crippen LogP contribution in [0.5, 0.6) is 0 Å². The molecule has 0 aliphatic rings. The molecule has 2 N–H and O–H groups in total. The van der Waals surface area contributed by atoms with E-state index in [2.05, 4.69) is 11.3 Å². The van der Waals surface area contributed by atoms with Crippen molar-refractivity contribution in [2.75, 3.05) is 0 Å². The van der Waals surface area contributed by atoms with Crippen LogP contribution >= 0.6 is 0 Å². The summed E-state index contributed by atoms with van der Waals surface area (Å²) >= 11 is 0. The molecule has 92 valence electrons. The van der Waals surface area contributed by atoms with E-state index in [1.54, 1.807) is 0 Å². The van der Waals surface area contributed by atoms with Gasteiger partial charge in [0, 0.05) is 12.0 Å². The molecule has 1 aromatic rings. The number of aliphatic hydroxyl groups is 2. The van der Waals surface area contributed by atoms with Crippen LogP contribution < -0.4 is 0 Å². The van der Waals surface area contributed by atoms with E-state index in [-0.39, 0.29) is 12.0 Å². The molecular formula is C13H16O4. The van der Waals surface area contributed by atoms with Crippen molar-refractivity contribution >= 4 is 5.97 Å². The highest BCUT2D eigenvalue weighted by molar-refractivity contribution is 5.87. The Bertz CT molecular complexity index is 395. The van der Waals surface area contributed by atoms with Crippen LogP contribution in [0.2, 0.25) is 0 Å². The van der Waals surface area contributed by atoms with Crippen LogP contribution in [0.4, 0.5) is 0 Å². The maximum atomic E-state index is 11.1. The fourth-order valence-corrected chi connectivity index (χ4v) is 1.24. The van der Waals surface area contributed by atoms with Gasteiger partial charge in [-0.3, -0.25) is 0 Å². The molecule has 0 fully saturated rings.